The van der Waals surface area contributed by atoms with Crippen molar-refractivity contribution in [2.75, 3.05) is 19.1 Å². The number of rotatable bonds is 5. The monoisotopic (exact) mass is 451 g/mol. The van der Waals surface area contributed by atoms with Gasteiger partial charge in [-0.3, -0.25) is 14.5 Å². The molecule has 4 rings (SSSR count). The fourth-order valence-corrected chi connectivity index (χ4v) is 3.86. The maximum Gasteiger partial charge on any atom is 0.300 e. The number of carbonyl (C=O) groups is 2. The zero-order valence-corrected chi connectivity index (χ0v) is 17.7. The van der Waals surface area contributed by atoms with Gasteiger partial charge in [0.1, 0.15) is 28.9 Å². The van der Waals surface area contributed by atoms with Gasteiger partial charge in [-0.15, -0.1) is 0 Å². The SMILES string of the molecule is COc1ccc(OC)c(/C(O)=C2\C(=O)C(=O)N(c3cccc(F)c3)C2c2ccccc2F)c1. The van der Waals surface area contributed by atoms with E-state index in [0.29, 0.717) is 5.75 Å². The number of amides is 1. The maximum atomic E-state index is 14.9. The van der Waals surface area contributed by atoms with Gasteiger partial charge in [0.15, 0.2) is 0 Å². The fourth-order valence-electron chi connectivity index (χ4n) is 3.86. The predicted molar refractivity (Wildman–Crippen MR) is 117 cm³/mol. The number of methoxy groups -OCH3 is 2. The Kier molecular flexibility index (Phi) is 5.83. The highest BCUT2D eigenvalue weighted by Gasteiger charge is 2.48. The van der Waals surface area contributed by atoms with E-state index in [0.717, 1.165) is 11.0 Å². The Balaban J connectivity index is 2.02. The fraction of sp³-hybridized carbons (Fsp3) is 0.120. The highest BCUT2D eigenvalue weighted by molar-refractivity contribution is 6.51. The lowest BCUT2D eigenvalue weighted by Gasteiger charge is -2.26. The van der Waals surface area contributed by atoms with E-state index >= 15 is 0 Å². The Morgan fingerprint density at radius 1 is 0.939 bits per heavy atom. The first kappa shape index (κ1) is 22.0. The van der Waals surface area contributed by atoms with Crippen LogP contribution in [0.5, 0.6) is 11.5 Å². The number of Topliss-reactive ketones (excluding diaryl/α,β-unsaturated/α-hetero) is 1. The highest BCUT2D eigenvalue weighted by atomic mass is 19.1. The van der Waals surface area contributed by atoms with Crippen molar-refractivity contribution in [3.05, 3.63) is 95.1 Å². The number of aliphatic hydroxyl groups excluding tert-OH is 1. The van der Waals surface area contributed by atoms with Gasteiger partial charge in [-0.25, -0.2) is 8.78 Å². The molecule has 1 aliphatic rings. The van der Waals surface area contributed by atoms with E-state index in [1.54, 1.807) is 6.07 Å². The second kappa shape index (κ2) is 8.74. The molecule has 0 spiro atoms. The van der Waals surface area contributed by atoms with E-state index in [2.05, 4.69) is 0 Å². The molecule has 3 aromatic carbocycles. The molecule has 1 unspecified atom stereocenters. The molecule has 1 atom stereocenters. The largest absolute Gasteiger partial charge is 0.507 e. The Hall–Kier alpha value is -4.20. The van der Waals surface area contributed by atoms with E-state index in [9.17, 15) is 23.5 Å². The van der Waals surface area contributed by atoms with Gasteiger partial charge in [0.2, 0.25) is 0 Å². The molecule has 1 amide bonds. The van der Waals surface area contributed by atoms with Crippen molar-refractivity contribution in [3.8, 4) is 11.5 Å². The molecular formula is C25H19F2NO5. The van der Waals surface area contributed by atoms with Crippen molar-refractivity contribution < 1.29 is 33.0 Å². The Bertz CT molecular complexity index is 1290. The smallest absolute Gasteiger partial charge is 0.300 e. The number of carbonyl (C=O) groups excluding carboxylic acids is 2. The van der Waals surface area contributed by atoms with Crippen LogP contribution in [0.2, 0.25) is 0 Å². The zero-order valence-electron chi connectivity index (χ0n) is 17.7. The van der Waals surface area contributed by atoms with E-state index in [1.807, 2.05) is 0 Å². The summed E-state index contributed by atoms with van der Waals surface area (Å²) in [5, 5.41) is 11.2. The third kappa shape index (κ3) is 3.80. The molecule has 0 bridgehead atoms. The topological polar surface area (TPSA) is 76.1 Å². The van der Waals surface area contributed by atoms with E-state index < -0.39 is 35.1 Å². The summed E-state index contributed by atoms with van der Waals surface area (Å²) in [5.74, 6) is -3.43. The number of halogens is 2. The molecule has 168 valence electrons. The summed E-state index contributed by atoms with van der Waals surface area (Å²) in [6.45, 7) is 0. The number of aliphatic hydroxyl groups is 1. The van der Waals surface area contributed by atoms with Crippen molar-refractivity contribution in [1.29, 1.82) is 0 Å². The molecule has 33 heavy (non-hydrogen) atoms. The first-order chi connectivity index (χ1) is 15.9. The molecule has 1 fully saturated rings. The molecule has 1 heterocycles. The molecule has 3 aromatic rings. The molecular weight excluding hydrogens is 432 g/mol. The minimum atomic E-state index is -1.34. The van der Waals surface area contributed by atoms with Crippen LogP contribution in [0.15, 0.2) is 72.3 Å². The summed E-state index contributed by atoms with van der Waals surface area (Å²) >= 11 is 0. The van der Waals surface area contributed by atoms with Gasteiger partial charge >= 0.3 is 0 Å². The molecule has 1 saturated heterocycles. The van der Waals surface area contributed by atoms with Gasteiger partial charge in [-0.05, 0) is 42.5 Å². The minimum absolute atomic E-state index is 0.0376. The molecule has 0 saturated carbocycles. The molecule has 0 radical (unpaired) electrons. The van der Waals surface area contributed by atoms with E-state index in [-0.39, 0.29) is 28.1 Å². The summed E-state index contributed by atoms with van der Waals surface area (Å²) in [4.78, 5) is 27.2. The van der Waals surface area contributed by atoms with Crippen molar-refractivity contribution in [2.24, 2.45) is 0 Å². The second-order valence-corrected chi connectivity index (χ2v) is 7.24. The predicted octanol–water partition coefficient (Wildman–Crippen LogP) is 4.61. The Morgan fingerprint density at radius 2 is 1.70 bits per heavy atom. The molecule has 0 aliphatic carbocycles. The van der Waals surface area contributed by atoms with Crippen LogP contribution >= 0.6 is 0 Å². The second-order valence-electron chi connectivity index (χ2n) is 7.24. The van der Waals surface area contributed by atoms with Gasteiger partial charge in [-0.2, -0.15) is 0 Å². The molecule has 1 N–H and O–H groups in total. The number of anilines is 1. The number of hydrogen-bond donors (Lipinski definition) is 1. The average Bonchev–Trinajstić information content (AvgIpc) is 3.08. The van der Waals surface area contributed by atoms with Crippen LogP contribution in [0.25, 0.3) is 5.76 Å². The van der Waals surface area contributed by atoms with Gasteiger partial charge in [0.25, 0.3) is 11.7 Å². The van der Waals surface area contributed by atoms with Crippen LogP contribution < -0.4 is 14.4 Å². The lowest BCUT2D eigenvalue weighted by molar-refractivity contribution is -0.132. The quantitative estimate of drug-likeness (QED) is 0.348. The van der Waals surface area contributed by atoms with E-state index in [4.69, 9.17) is 9.47 Å². The van der Waals surface area contributed by atoms with Gasteiger partial charge < -0.3 is 14.6 Å². The molecule has 6 nitrogen and oxygen atoms in total. The summed E-state index contributed by atoms with van der Waals surface area (Å²) in [7, 11) is 2.80. The minimum Gasteiger partial charge on any atom is -0.507 e. The maximum absolute atomic E-state index is 14.9. The standard InChI is InChI=1S/C25H19F2NO5/c1-32-16-10-11-20(33-2)18(13-16)23(29)21-22(17-8-3-4-9-19(17)27)28(25(31)24(21)30)15-7-5-6-14(26)12-15/h3-13,22,29H,1-2H3/b23-21+. The zero-order chi connectivity index (χ0) is 23.7. The molecule has 8 heteroatoms. The van der Waals surface area contributed by atoms with Crippen LogP contribution in [-0.4, -0.2) is 31.0 Å². The third-order valence-electron chi connectivity index (χ3n) is 5.39. The first-order valence-electron chi connectivity index (χ1n) is 9.90. The summed E-state index contributed by atoms with van der Waals surface area (Å²) in [6, 6.07) is 13.8. The van der Waals surface area contributed by atoms with Gasteiger partial charge in [0, 0.05) is 11.3 Å². The number of hydrogen-bond acceptors (Lipinski definition) is 5. The average molecular weight is 451 g/mol. The summed E-state index contributed by atoms with van der Waals surface area (Å²) < 4.78 is 39.4. The Morgan fingerprint density at radius 3 is 2.36 bits per heavy atom. The first-order valence-corrected chi connectivity index (χ1v) is 9.90. The Labute approximate surface area is 188 Å². The summed E-state index contributed by atoms with van der Waals surface area (Å²) in [6.07, 6.45) is 0. The lowest BCUT2D eigenvalue weighted by Crippen LogP contribution is -2.30. The number of nitrogens with zero attached hydrogens (tertiary/aromatic N) is 1. The number of benzene rings is 3. The van der Waals surface area contributed by atoms with E-state index in [1.165, 1.54) is 68.8 Å². The van der Waals surface area contributed by atoms with Gasteiger partial charge in [-0.1, -0.05) is 24.3 Å². The van der Waals surface area contributed by atoms with Crippen LogP contribution in [-0.2, 0) is 9.59 Å². The van der Waals surface area contributed by atoms with Crippen molar-refractivity contribution in [3.63, 3.8) is 0 Å². The van der Waals surface area contributed by atoms with Crippen molar-refractivity contribution >= 4 is 23.1 Å². The van der Waals surface area contributed by atoms with Crippen molar-refractivity contribution in [1.82, 2.24) is 0 Å². The van der Waals surface area contributed by atoms with Crippen molar-refractivity contribution in [2.45, 2.75) is 6.04 Å². The van der Waals surface area contributed by atoms with Crippen LogP contribution in [0.1, 0.15) is 17.2 Å². The normalized spacial score (nSPS) is 17.3. The lowest BCUT2D eigenvalue weighted by atomic mass is 9.94. The highest BCUT2D eigenvalue weighted by Crippen LogP contribution is 2.44. The summed E-state index contributed by atoms with van der Waals surface area (Å²) in [5.41, 5.74) is -0.275. The number of ketones is 1. The number of ether oxygens (including phenoxy) is 2. The van der Waals surface area contributed by atoms with Crippen LogP contribution in [0.4, 0.5) is 14.5 Å². The third-order valence-corrected chi connectivity index (χ3v) is 5.39. The van der Waals surface area contributed by atoms with Gasteiger partial charge in [0.05, 0.1) is 31.4 Å². The molecule has 0 aromatic heterocycles. The van der Waals surface area contributed by atoms with Crippen LogP contribution in [0.3, 0.4) is 0 Å². The van der Waals surface area contributed by atoms with Crippen LogP contribution in [0, 0.1) is 11.6 Å². The molecule has 1 aliphatic heterocycles.